The van der Waals surface area contributed by atoms with Crippen molar-refractivity contribution in [2.75, 3.05) is 20.3 Å². The van der Waals surface area contributed by atoms with Crippen LogP contribution in [0, 0.1) is 0 Å². The van der Waals surface area contributed by atoms with Crippen LogP contribution in [0.1, 0.15) is 71.6 Å². The molecular weight excluding hydrogens is 250 g/mol. The maximum absolute atomic E-state index is 6.42. The van der Waals surface area contributed by atoms with Crippen LogP contribution in [-0.2, 0) is 9.47 Å². The highest BCUT2D eigenvalue weighted by molar-refractivity contribution is 4.90. The molecule has 2 aliphatic carbocycles. The van der Waals surface area contributed by atoms with Crippen LogP contribution >= 0.6 is 0 Å². The van der Waals surface area contributed by atoms with Gasteiger partial charge in [-0.2, -0.15) is 0 Å². The predicted molar refractivity (Wildman–Crippen MR) is 83.1 cm³/mol. The van der Waals surface area contributed by atoms with Crippen LogP contribution in [0.2, 0.25) is 0 Å². The zero-order chi connectivity index (χ0) is 14.5. The normalized spacial score (nSPS) is 23.6. The highest BCUT2D eigenvalue weighted by Gasteiger charge is 2.34. The molecule has 3 nitrogen and oxygen atoms in total. The Kier molecular flexibility index (Phi) is 5.88. The van der Waals surface area contributed by atoms with Gasteiger partial charge < -0.3 is 14.8 Å². The lowest BCUT2D eigenvalue weighted by atomic mass is 9.93. The van der Waals surface area contributed by atoms with Gasteiger partial charge in [0.2, 0.25) is 0 Å². The second-order valence-electron chi connectivity index (χ2n) is 7.31. The van der Waals surface area contributed by atoms with Crippen molar-refractivity contribution in [1.82, 2.24) is 5.32 Å². The van der Waals surface area contributed by atoms with E-state index in [-0.39, 0.29) is 11.2 Å². The van der Waals surface area contributed by atoms with Crippen LogP contribution in [0.15, 0.2) is 0 Å². The van der Waals surface area contributed by atoms with Crippen molar-refractivity contribution in [2.24, 2.45) is 0 Å². The number of ether oxygens (including phenoxy) is 2. The van der Waals surface area contributed by atoms with Crippen LogP contribution in [0.25, 0.3) is 0 Å². The minimum Gasteiger partial charge on any atom is -0.379 e. The molecule has 20 heavy (non-hydrogen) atoms. The maximum atomic E-state index is 6.42. The average molecular weight is 283 g/mol. The minimum atomic E-state index is -0.0736. The van der Waals surface area contributed by atoms with E-state index in [4.69, 9.17) is 9.47 Å². The van der Waals surface area contributed by atoms with E-state index in [0.717, 1.165) is 25.6 Å². The molecule has 1 N–H and O–H groups in total. The quantitative estimate of drug-likeness (QED) is 0.690. The van der Waals surface area contributed by atoms with Gasteiger partial charge in [0.05, 0.1) is 17.8 Å². The molecule has 0 saturated heterocycles. The molecule has 0 bridgehead atoms. The Morgan fingerprint density at radius 3 is 2.30 bits per heavy atom. The molecule has 0 heterocycles. The summed E-state index contributed by atoms with van der Waals surface area (Å²) in [4.78, 5) is 0. The zero-order valence-corrected chi connectivity index (χ0v) is 13.7. The van der Waals surface area contributed by atoms with E-state index in [0.29, 0.717) is 0 Å². The summed E-state index contributed by atoms with van der Waals surface area (Å²) in [6.07, 6.45) is 11.5. The minimum absolute atomic E-state index is 0.0736. The topological polar surface area (TPSA) is 30.5 Å². The molecule has 2 aliphatic rings. The van der Waals surface area contributed by atoms with Gasteiger partial charge in [0.1, 0.15) is 0 Å². The van der Waals surface area contributed by atoms with Crippen LogP contribution < -0.4 is 5.32 Å². The van der Waals surface area contributed by atoms with Crippen molar-refractivity contribution >= 4 is 0 Å². The Morgan fingerprint density at radius 1 is 1.10 bits per heavy atom. The number of methoxy groups -OCH3 is 1. The fourth-order valence-corrected chi connectivity index (χ4v) is 2.98. The van der Waals surface area contributed by atoms with Gasteiger partial charge in [-0.3, -0.25) is 0 Å². The summed E-state index contributed by atoms with van der Waals surface area (Å²) in [6.45, 7) is 6.13. The third-order valence-electron chi connectivity index (χ3n) is 4.97. The summed E-state index contributed by atoms with van der Waals surface area (Å²) < 4.78 is 11.9. The average Bonchev–Trinajstić information content (AvgIpc) is 3.24. The lowest BCUT2D eigenvalue weighted by Crippen LogP contribution is -2.44. The van der Waals surface area contributed by atoms with Crippen LogP contribution in [0.5, 0.6) is 0 Å². The van der Waals surface area contributed by atoms with E-state index in [9.17, 15) is 0 Å². The van der Waals surface area contributed by atoms with Gasteiger partial charge in [0, 0.05) is 19.7 Å². The van der Waals surface area contributed by atoms with Gasteiger partial charge in [0.25, 0.3) is 0 Å². The fourth-order valence-electron chi connectivity index (χ4n) is 2.98. The van der Waals surface area contributed by atoms with Gasteiger partial charge in [-0.1, -0.05) is 25.7 Å². The van der Waals surface area contributed by atoms with Gasteiger partial charge in [-0.05, 0) is 46.0 Å². The maximum Gasteiger partial charge on any atom is 0.0806 e. The summed E-state index contributed by atoms with van der Waals surface area (Å²) in [5, 5.41) is 3.70. The highest BCUT2D eigenvalue weighted by Crippen LogP contribution is 2.32. The lowest BCUT2D eigenvalue weighted by molar-refractivity contribution is -0.0814. The Labute approximate surface area is 124 Å². The summed E-state index contributed by atoms with van der Waals surface area (Å²) >= 11 is 0. The molecule has 0 amide bonds. The Morgan fingerprint density at radius 2 is 1.75 bits per heavy atom. The van der Waals surface area contributed by atoms with E-state index < -0.39 is 0 Å². The first-order chi connectivity index (χ1) is 9.55. The molecule has 2 saturated carbocycles. The van der Waals surface area contributed by atoms with E-state index in [1.54, 1.807) is 7.11 Å². The summed E-state index contributed by atoms with van der Waals surface area (Å²) in [5.41, 5.74) is 0.0127. The molecule has 3 heteroatoms. The molecule has 0 atom stereocenters. The second-order valence-corrected chi connectivity index (χ2v) is 7.31. The predicted octanol–water partition coefficient (Wildman–Crippen LogP) is 3.66. The molecule has 0 aliphatic heterocycles. The van der Waals surface area contributed by atoms with Gasteiger partial charge in [-0.15, -0.1) is 0 Å². The molecule has 0 unspecified atom stereocenters. The molecule has 118 valence electrons. The standard InChI is InChI=1S/C17H33NO2/c1-16(2,19-3)12-13-20-17(14-18-15-8-9-15)10-6-4-5-7-11-17/h15,18H,4-14H2,1-3H3. The van der Waals surface area contributed by atoms with Gasteiger partial charge >= 0.3 is 0 Å². The van der Waals surface area contributed by atoms with Gasteiger partial charge in [-0.25, -0.2) is 0 Å². The third kappa shape index (κ3) is 5.34. The first kappa shape index (κ1) is 16.3. The monoisotopic (exact) mass is 283 g/mol. The van der Waals surface area contributed by atoms with Crippen molar-refractivity contribution in [2.45, 2.75) is 88.9 Å². The number of nitrogens with one attached hydrogen (secondary N) is 1. The smallest absolute Gasteiger partial charge is 0.0806 e. The third-order valence-corrected chi connectivity index (χ3v) is 4.97. The largest absolute Gasteiger partial charge is 0.379 e. The van der Waals surface area contributed by atoms with Crippen LogP contribution in [-0.4, -0.2) is 37.5 Å². The van der Waals surface area contributed by atoms with Gasteiger partial charge in [0.15, 0.2) is 0 Å². The molecule has 0 radical (unpaired) electrons. The Balaban J connectivity index is 1.83. The van der Waals surface area contributed by atoms with Crippen molar-refractivity contribution in [3.8, 4) is 0 Å². The molecule has 2 rings (SSSR count). The number of hydrogen-bond acceptors (Lipinski definition) is 3. The van der Waals surface area contributed by atoms with Crippen LogP contribution in [0.3, 0.4) is 0 Å². The van der Waals surface area contributed by atoms with Crippen molar-refractivity contribution in [3.63, 3.8) is 0 Å². The molecule has 2 fully saturated rings. The Bertz CT molecular complexity index is 279. The van der Waals surface area contributed by atoms with Crippen LogP contribution in [0.4, 0.5) is 0 Å². The Hall–Kier alpha value is -0.120. The van der Waals surface area contributed by atoms with E-state index >= 15 is 0 Å². The number of hydrogen-bond donors (Lipinski definition) is 1. The number of rotatable bonds is 8. The molecule has 0 aromatic heterocycles. The van der Waals surface area contributed by atoms with Crippen molar-refractivity contribution in [1.29, 1.82) is 0 Å². The fraction of sp³-hybridized carbons (Fsp3) is 1.00. The highest BCUT2D eigenvalue weighted by atomic mass is 16.5. The first-order valence-electron chi connectivity index (χ1n) is 8.48. The molecule has 0 spiro atoms. The van der Waals surface area contributed by atoms with E-state index in [1.165, 1.54) is 51.4 Å². The zero-order valence-electron chi connectivity index (χ0n) is 13.7. The summed E-state index contributed by atoms with van der Waals surface area (Å²) in [6, 6.07) is 0.772. The summed E-state index contributed by atoms with van der Waals surface area (Å²) in [5.74, 6) is 0. The van der Waals surface area contributed by atoms with Crippen molar-refractivity contribution in [3.05, 3.63) is 0 Å². The second kappa shape index (κ2) is 7.24. The lowest BCUT2D eigenvalue weighted by Gasteiger charge is -2.35. The first-order valence-corrected chi connectivity index (χ1v) is 8.48. The molecule has 0 aromatic rings. The molecule has 0 aromatic carbocycles. The van der Waals surface area contributed by atoms with Crippen molar-refractivity contribution < 1.29 is 9.47 Å². The van der Waals surface area contributed by atoms with E-state index in [1.807, 2.05) is 0 Å². The summed E-state index contributed by atoms with van der Waals surface area (Å²) in [7, 11) is 1.79. The SMILES string of the molecule is COC(C)(C)CCOC1(CNC2CC2)CCCCCC1. The van der Waals surface area contributed by atoms with E-state index in [2.05, 4.69) is 19.2 Å². The molecular formula is C17H33NO2.